The average molecular weight is 354 g/mol. The summed E-state index contributed by atoms with van der Waals surface area (Å²) in [5.74, 6) is -0.191. The molecule has 0 saturated carbocycles. The normalized spacial score (nSPS) is 20.9. The van der Waals surface area contributed by atoms with E-state index in [0.29, 0.717) is 19.2 Å². The second-order valence-corrected chi connectivity index (χ2v) is 7.47. The zero-order valence-corrected chi connectivity index (χ0v) is 16.1. The van der Waals surface area contributed by atoms with Crippen LogP contribution in [0.2, 0.25) is 0 Å². The highest BCUT2D eigenvalue weighted by molar-refractivity contribution is 5.81. The molecule has 2 aliphatic rings. The molecule has 0 radical (unpaired) electrons. The van der Waals surface area contributed by atoms with Gasteiger partial charge in [-0.3, -0.25) is 14.5 Å². The molecule has 25 heavy (non-hydrogen) atoms. The Kier molecular flexibility index (Phi) is 8.12. The van der Waals surface area contributed by atoms with Gasteiger partial charge in [-0.1, -0.05) is 0 Å². The molecule has 2 saturated heterocycles. The Morgan fingerprint density at radius 3 is 2.24 bits per heavy atom. The summed E-state index contributed by atoms with van der Waals surface area (Å²) in [4.78, 5) is 32.8. The van der Waals surface area contributed by atoms with E-state index in [9.17, 15) is 9.59 Å². The number of rotatable bonds is 7. The van der Waals surface area contributed by atoms with Gasteiger partial charge in [-0.25, -0.2) is 0 Å². The number of hydrogen-bond acceptors (Lipinski definition) is 6. The third kappa shape index (κ3) is 6.92. The quantitative estimate of drug-likeness (QED) is 0.605. The Balaban J connectivity index is 1.61. The Bertz CT molecular complexity index is 428. The lowest BCUT2D eigenvalue weighted by Gasteiger charge is -2.42. The number of likely N-dealkylation sites (tertiary alicyclic amines) is 1. The van der Waals surface area contributed by atoms with E-state index in [-0.39, 0.29) is 24.7 Å². The minimum absolute atomic E-state index is 0.0846. The molecule has 0 aromatic carbocycles. The molecule has 1 amide bonds. The first kappa shape index (κ1) is 20.1. The molecule has 2 rings (SSSR count). The van der Waals surface area contributed by atoms with E-state index in [0.717, 1.165) is 52.1 Å². The molecule has 0 aromatic rings. The SMILES string of the molecule is CN(C)CCOC(=O)CCC(=O)N1CCC(N2CCN(C)CC2)CC1. The van der Waals surface area contributed by atoms with Crippen LogP contribution in [0.15, 0.2) is 0 Å². The Morgan fingerprint density at radius 2 is 1.64 bits per heavy atom. The molecule has 144 valence electrons. The minimum Gasteiger partial charge on any atom is -0.464 e. The highest BCUT2D eigenvalue weighted by atomic mass is 16.5. The Hall–Kier alpha value is -1.18. The maximum absolute atomic E-state index is 12.3. The van der Waals surface area contributed by atoms with Crippen LogP contribution < -0.4 is 0 Å². The molecule has 2 heterocycles. The largest absolute Gasteiger partial charge is 0.464 e. The number of carbonyl (C=O) groups excluding carboxylic acids is 2. The molecule has 0 N–H and O–H groups in total. The standard InChI is InChI=1S/C18H34N4O3/c1-19(2)14-15-25-18(24)5-4-17(23)22-8-6-16(7-9-22)21-12-10-20(3)11-13-21/h16H,4-15H2,1-3H3. The first-order chi connectivity index (χ1) is 12.0. The number of piperazine rings is 1. The third-order valence-corrected chi connectivity index (χ3v) is 5.22. The number of ether oxygens (including phenoxy) is 1. The second-order valence-electron chi connectivity index (χ2n) is 7.47. The van der Waals surface area contributed by atoms with Gasteiger partial charge in [-0.15, -0.1) is 0 Å². The van der Waals surface area contributed by atoms with E-state index in [4.69, 9.17) is 4.74 Å². The monoisotopic (exact) mass is 354 g/mol. The number of likely N-dealkylation sites (N-methyl/N-ethyl adjacent to an activating group) is 2. The molecule has 0 aliphatic carbocycles. The van der Waals surface area contributed by atoms with E-state index in [1.54, 1.807) is 0 Å². The fourth-order valence-corrected chi connectivity index (χ4v) is 3.45. The van der Waals surface area contributed by atoms with E-state index in [1.807, 2.05) is 23.9 Å². The predicted octanol–water partition coefficient (Wildman–Crippen LogP) is 0.110. The number of piperidine rings is 1. The van der Waals surface area contributed by atoms with Crippen molar-refractivity contribution in [2.24, 2.45) is 0 Å². The van der Waals surface area contributed by atoms with E-state index in [2.05, 4.69) is 16.8 Å². The molecular formula is C18H34N4O3. The molecule has 0 aromatic heterocycles. The van der Waals surface area contributed by atoms with Crippen LogP contribution in [-0.2, 0) is 14.3 Å². The van der Waals surface area contributed by atoms with E-state index in [1.165, 1.54) is 0 Å². The van der Waals surface area contributed by atoms with Gasteiger partial charge < -0.3 is 19.4 Å². The summed E-state index contributed by atoms with van der Waals surface area (Å²) in [7, 11) is 6.04. The summed E-state index contributed by atoms with van der Waals surface area (Å²) in [6, 6.07) is 0.605. The summed E-state index contributed by atoms with van der Waals surface area (Å²) >= 11 is 0. The van der Waals surface area contributed by atoms with Crippen molar-refractivity contribution in [2.45, 2.75) is 31.7 Å². The van der Waals surface area contributed by atoms with Crippen molar-refractivity contribution < 1.29 is 14.3 Å². The van der Waals surface area contributed by atoms with Crippen LogP contribution in [0.4, 0.5) is 0 Å². The Morgan fingerprint density at radius 1 is 1.00 bits per heavy atom. The second kappa shape index (κ2) is 10.1. The van der Waals surface area contributed by atoms with Gasteiger partial charge in [0.15, 0.2) is 0 Å². The Labute approximate surface area is 151 Å². The molecule has 0 unspecified atom stereocenters. The highest BCUT2D eigenvalue weighted by Crippen LogP contribution is 2.19. The van der Waals surface area contributed by atoms with E-state index >= 15 is 0 Å². The third-order valence-electron chi connectivity index (χ3n) is 5.22. The highest BCUT2D eigenvalue weighted by Gasteiger charge is 2.28. The van der Waals surface area contributed by atoms with Gasteiger partial charge in [-0.05, 0) is 34.0 Å². The summed E-state index contributed by atoms with van der Waals surface area (Å²) < 4.78 is 5.13. The van der Waals surface area contributed by atoms with Crippen molar-refractivity contribution in [1.29, 1.82) is 0 Å². The number of esters is 1. The van der Waals surface area contributed by atoms with E-state index < -0.39 is 0 Å². The number of amides is 1. The topological polar surface area (TPSA) is 56.3 Å². The maximum Gasteiger partial charge on any atom is 0.306 e. The van der Waals surface area contributed by atoms with Crippen LogP contribution in [0.25, 0.3) is 0 Å². The lowest BCUT2D eigenvalue weighted by atomic mass is 10.0. The summed E-state index contributed by atoms with van der Waals surface area (Å²) in [5.41, 5.74) is 0. The van der Waals surface area contributed by atoms with Crippen molar-refractivity contribution in [1.82, 2.24) is 19.6 Å². The van der Waals surface area contributed by atoms with Gasteiger partial charge in [0.2, 0.25) is 5.91 Å². The van der Waals surface area contributed by atoms with Crippen LogP contribution in [0.3, 0.4) is 0 Å². The lowest BCUT2D eigenvalue weighted by Crippen LogP contribution is -2.53. The molecule has 0 bridgehead atoms. The zero-order valence-electron chi connectivity index (χ0n) is 16.1. The number of nitrogens with zero attached hydrogens (tertiary/aromatic N) is 4. The predicted molar refractivity (Wildman–Crippen MR) is 97.4 cm³/mol. The van der Waals surface area contributed by atoms with Crippen molar-refractivity contribution >= 4 is 11.9 Å². The maximum atomic E-state index is 12.3. The van der Waals surface area contributed by atoms with Crippen LogP contribution in [0.1, 0.15) is 25.7 Å². The first-order valence-electron chi connectivity index (χ1n) is 9.46. The lowest BCUT2D eigenvalue weighted by molar-refractivity contribution is -0.146. The van der Waals surface area contributed by atoms with Gasteiger partial charge in [0.25, 0.3) is 0 Å². The van der Waals surface area contributed by atoms with Crippen molar-refractivity contribution in [2.75, 3.05) is 73.6 Å². The molecular weight excluding hydrogens is 320 g/mol. The average Bonchev–Trinajstić information content (AvgIpc) is 2.60. The van der Waals surface area contributed by atoms with Crippen LogP contribution in [0.5, 0.6) is 0 Å². The summed E-state index contributed by atoms with van der Waals surface area (Å²) in [6.45, 7) is 7.25. The molecule has 0 spiro atoms. The smallest absolute Gasteiger partial charge is 0.306 e. The van der Waals surface area contributed by atoms with Crippen LogP contribution in [-0.4, -0.2) is 111 Å². The van der Waals surface area contributed by atoms with Crippen molar-refractivity contribution in [3.8, 4) is 0 Å². The molecule has 7 heteroatoms. The van der Waals surface area contributed by atoms with Gasteiger partial charge >= 0.3 is 5.97 Å². The fraction of sp³-hybridized carbons (Fsp3) is 0.889. The minimum atomic E-state index is -0.275. The summed E-state index contributed by atoms with van der Waals surface area (Å²) in [5, 5.41) is 0. The molecule has 0 atom stereocenters. The summed E-state index contributed by atoms with van der Waals surface area (Å²) in [6.07, 6.45) is 2.54. The molecule has 2 aliphatic heterocycles. The van der Waals surface area contributed by atoms with Gasteiger partial charge in [0, 0.05) is 58.3 Å². The van der Waals surface area contributed by atoms with Crippen LogP contribution in [0, 0.1) is 0 Å². The van der Waals surface area contributed by atoms with Crippen LogP contribution >= 0.6 is 0 Å². The fourth-order valence-electron chi connectivity index (χ4n) is 3.45. The first-order valence-corrected chi connectivity index (χ1v) is 9.46. The van der Waals surface area contributed by atoms with Gasteiger partial charge in [0.1, 0.15) is 6.61 Å². The number of hydrogen-bond donors (Lipinski definition) is 0. The van der Waals surface area contributed by atoms with Crippen molar-refractivity contribution in [3.63, 3.8) is 0 Å². The van der Waals surface area contributed by atoms with Gasteiger partial charge in [-0.2, -0.15) is 0 Å². The zero-order chi connectivity index (χ0) is 18.2. The number of carbonyl (C=O) groups is 2. The molecule has 2 fully saturated rings. The van der Waals surface area contributed by atoms with Crippen molar-refractivity contribution in [3.05, 3.63) is 0 Å². The molecule has 7 nitrogen and oxygen atoms in total. The van der Waals surface area contributed by atoms with Gasteiger partial charge in [0.05, 0.1) is 6.42 Å².